The zero-order valence-corrected chi connectivity index (χ0v) is 11.9. The van der Waals surface area contributed by atoms with Gasteiger partial charge in [-0.1, -0.05) is 11.6 Å². The molecule has 0 aliphatic carbocycles. The highest BCUT2D eigenvalue weighted by Gasteiger charge is 2.23. The average Bonchev–Trinajstić information content (AvgIpc) is 3.06. The number of aromatic nitrogens is 4. The summed E-state index contributed by atoms with van der Waals surface area (Å²) in [6.07, 6.45) is 2.63. The first-order valence-corrected chi connectivity index (χ1v) is 6.81. The molecule has 106 valence electrons. The summed E-state index contributed by atoms with van der Waals surface area (Å²) in [6.45, 7) is 1.85. The molecule has 0 saturated carbocycles. The van der Waals surface area contributed by atoms with E-state index in [1.54, 1.807) is 6.20 Å². The average molecular weight is 294 g/mol. The number of halogens is 1. The number of nitrogens with one attached hydrogen (secondary N) is 2. The van der Waals surface area contributed by atoms with Gasteiger partial charge < -0.3 is 16.0 Å². The van der Waals surface area contributed by atoms with Crippen molar-refractivity contribution >= 4 is 23.4 Å². The monoisotopic (exact) mass is 293 g/mol. The molecule has 0 spiro atoms. The second-order valence-electron chi connectivity index (χ2n) is 4.78. The van der Waals surface area contributed by atoms with E-state index in [0.717, 1.165) is 25.3 Å². The maximum absolute atomic E-state index is 6.07. The Morgan fingerprint density at radius 1 is 1.50 bits per heavy atom. The van der Waals surface area contributed by atoms with Crippen LogP contribution < -0.4 is 16.0 Å². The molecule has 1 aliphatic rings. The van der Waals surface area contributed by atoms with Gasteiger partial charge in [0.2, 0.25) is 5.95 Å². The van der Waals surface area contributed by atoms with E-state index in [-0.39, 0.29) is 5.95 Å². The lowest BCUT2D eigenvalue weighted by atomic mass is 10.3. The summed E-state index contributed by atoms with van der Waals surface area (Å²) in [6, 6.07) is 2.36. The third-order valence-corrected chi connectivity index (χ3v) is 3.79. The van der Waals surface area contributed by atoms with Crippen molar-refractivity contribution in [2.24, 2.45) is 0 Å². The smallest absolute Gasteiger partial charge is 0.222 e. The van der Waals surface area contributed by atoms with Crippen molar-refractivity contribution in [1.82, 2.24) is 25.5 Å². The van der Waals surface area contributed by atoms with Gasteiger partial charge in [0.25, 0.3) is 0 Å². The standard InChI is InChI=1S/C12H16ClN7/c1-15-7-2-3-20(6-7)10-4-9(17-12(14)18-10)11-8(13)5-16-19-11/h4-5,7,15H,2-3,6H2,1H3,(H,16,19)(H2,14,17,18). The number of nitrogens with two attached hydrogens (primary N) is 1. The van der Waals surface area contributed by atoms with Gasteiger partial charge in [0.1, 0.15) is 11.5 Å². The Labute approximate surface area is 121 Å². The molecule has 1 saturated heterocycles. The SMILES string of the molecule is CNC1CCN(c2cc(-c3[nH]ncc3Cl)nc(N)n2)C1. The van der Waals surface area contributed by atoms with E-state index >= 15 is 0 Å². The molecular formula is C12H16ClN7. The summed E-state index contributed by atoms with van der Waals surface area (Å²) in [7, 11) is 1.97. The van der Waals surface area contributed by atoms with Crippen molar-refractivity contribution in [2.45, 2.75) is 12.5 Å². The predicted octanol–water partition coefficient (Wildman–Crippen LogP) is 0.900. The summed E-state index contributed by atoms with van der Waals surface area (Å²) in [4.78, 5) is 10.7. The Balaban J connectivity index is 1.93. The summed E-state index contributed by atoms with van der Waals surface area (Å²) in [5, 5.41) is 10.5. The van der Waals surface area contributed by atoms with Crippen LogP contribution in [-0.4, -0.2) is 46.3 Å². The third kappa shape index (κ3) is 2.41. The highest BCUT2D eigenvalue weighted by Crippen LogP contribution is 2.27. The molecule has 0 bridgehead atoms. The van der Waals surface area contributed by atoms with Crippen molar-refractivity contribution in [3.8, 4) is 11.4 Å². The van der Waals surface area contributed by atoms with Gasteiger partial charge in [-0.2, -0.15) is 10.1 Å². The summed E-state index contributed by atoms with van der Waals surface area (Å²) in [5.41, 5.74) is 7.12. The zero-order valence-electron chi connectivity index (χ0n) is 11.1. The Hall–Kier alpha value is -1.86. The molecule has 3 rings (SSSR count). The molecule has 1 aliphatic heterocycles. The molecule has 1 fully saturated rings. The molecule has 2 aromatic rings. The molecule has 0 amide bonds. The van der Waals surface area contributed by atoms with Gasteiger partial charge in [0, 0.05) is 25.2 Å². The second-order valence-corrected chi connectivity index (χ2v) is 5.19. The van der Waals surface area contributed by atoms with Crippen LogP contribution in [0.2, 0.25) is 5.02 Å². The first-order valence-electron chi connectivity index (χ1n) is 6.43. The lowest BCUT2D eigenvalue weighted by Gasteiger charge is -2.18. The first kappa shape index (κ1) is 13.1. The van der Waals surface area contributed by atoms with E-state index < -0.39 is 0 Å². The zero-order chi connectivity index (χ0) is 14.1. The maximum atomic E-state index is 6.07. The van der Waals surface area contributed by atoms with Crippen LogP contribution in [0.25, 0.3) is 11.4 Å². The third-order valence-electron chi connectivity index (χ3n) is 3.50. The highest BCUT2D eigenvalue weighted by atomic mass is 35.5. The molecule has 1 atom stereocenters. The van der Waals surface area contributed by atoms with Gasteiger partial charge in [-0.05, 0) is 13.5 Å². The van der Waals surface area contributed by atoms with Crippen LogP contribution in [0.15, 0.2) is 12.3 Å². The van der Waals surface area contributed by atoms with E-state index in [1.165, 1.54) is 0 Å². The number of hydrogen-bond acceptors (Lipinski definition) is 6. The Morgan fingerprint density at radius 2 is 2.35 bits per heavy atom. The second kappa shape index (κ2) is 5.26. The first-order chi connectivity index (χ1) is 9.67. The van der Waals surface area contributed by atoms with E-state index in [4.69, 9.17) is 17.3 Å². The molecular weight excluding hydrogens is 278 g/mol. The Bertz CT molecular complexity index is 612. The fourth-order valence-corrected chi connectivity index (χ4v) is 2.59. The number of nitrogens with zero attached hydrogens (tertiary/aromatic N) is 4. The van der Waals surface area contributed by atoms with Gasteiger partial charge in [-0.25, -0.2) is 4.98 Å². The number of anilines is 2. The molecule has 3 heterocycles. The van der Waals surface area contributed by atoms with E-state index in [2.05, 4.69) is 30.4 Å². The van der Waals surface area contributed by atoms with E-state index in [1.807, 2.05) is 13.1 Å². The van der Waals surface area contributed by atoms with Crippen molar-refractivity contribution < 1.29 is 0 Å². The van der Waals surface area contributed by atoms with Crippen LogP contribution in [0.4, 0.5) is 11.8 Å². The van der Waals surface area contributed by atoms with Gasteiger partial charge in [-0.3, -0.25) is 5.10 Å². The number of likely N-dealkylation sites (N-methyl/N-ethyl adjacent to an activating group) is 1. The minimum Gasteiger partial charge on any atom is -0.368 e. The van der Waals surface area contributed by atoms with Crippen molar-refractivity contribution in [3.05, 3.63) is 17.3 Å². The van der Waals surface area contributed by atoms with Crippen LogP contribution in [0.1, 0.15) is 6.42 Å². The molecule has 0 radical (unpaired) electrons. The number of hydrogen-bond donors (Lipinski definition) is 3. The van der Waals surface area contributed by atoms with E-state index in [0.29, 0.717) is 22.5 Å². The molecule has 1 unspecified atom stereocenters. The number of rotatable bonds is 3. The number of H-pyrrole nitrogens is 1. The molecule has 20 heavy (non-hydrogen) atoms. The minimum absolute atomic E-state index is 0.232. The van der Waals surface area contributed by atoms with Crippen molar-refractivity contribution in [3.63, 3.8) is 0 Å². The number of nitrogen functional groups attached to an aromatic ring is 1. The maximum Gasteiger partial charge on any atom is 0.222 e. The van der Waals surface area contributed by atoms with Crippen LogP contribution in [0.3, 0.4) is 0 Å². The fraction of sp³-hybridized carbons (Fsp3) is 0.417. The van der Waals surface area contributed by atoms with Gasteiger partial charge in [0.15, 0.2) is 0 Å². The molecule has 8 heteroatoms. The fourth-order valence-electron chi connectivity index (χ4n) is 2.40. The van der Waals surface area contributed by atoms with Crippen molar-refractivity contribution in [1.29, 1.82) is 0 Å². The Morgan fingerprint density at radius 3 is 3.00 bits per heavy atom. The van der Waals surface area contributed by atoms with Crippen molar-refractivity contribution in [2.75, 3.05) is 30.8 Å². The minimum atomic E-state index is 0.232. The molecule has 0 aromatic carbocycles. The van der Waals surface area contributed by atoms with Gasteiger partial charge in [0.05, 0.1) is 16.9 Å². The molecule has 4 N–H and O–H groups in total. The molecule has 7 nitrogen and oxygen atoms in total. The Kier molecular flexibility index (Phi) is 3.45. The summed E-state index contributed by atoms with van der Waals surface area (Å²) in [5.74, 6) is 1.05. The largest absolute Gasteiger partial charge is 0.368 e. The molecule has 2 aromatic heterocycles. The quantitative estimate of drug-likeness (QED) is 0.778. The lowest BCUT2D eigenvalue weighted by Crippen LogP contribution is -2.30. The van der Waals surface area contributed by atoms with Crippen LogP contribution >= 0.6 is 11.6 Å². The highest BCUT2D eigenvalue weighted by molar-refractivity contribution is 6.32. The van der Waals surface area contributed by atoms with E-state index in [9.17, 15) is 0 Å². The van der Waals surface area contributed by atoms with Gasteiger partial charge >= 0.3 is 0 Å². The van der Waals surface area contributed by atoms with Crippen LogP contribution in [0.5, 0.6) is 0 Å². The number of aromatic amines is 1. The topological polar surface area (TPSA) is 95.8 Å². The summed E-state index contributed by atoms with van der Waals surface area (Å²) >= 11 is 6.07. The summed E-state index contributed by atoms with van der Waals surface area (Å²) < 4.78 is 0. The van der Waals surface area contributed by atoms with Crippen LogP contribution in [-0.2, 0) is 0 Å². The predicted molar refractivity (Wildman–Crippen MR) is 78.7 cm³/mol. The van der Waals surface area contributed by atoms with Gasteiger partial charge in [-0.15, -0.1) is 0 Å². The van der Waals surface area contributed by atoms with Crippen LogP contribution in [0, 0.1) is 0 Å². The normalized spacial score (nSPS) is 18.7. The lowest BCUT2D eigenvalue weighted by molar-refractivity contribution is 0.616.